The number of hydrogen-bond donors (Lipinski definition) is 0. The molecule has 0 saturated heterocycles. The van der Waals surface area contributed by atoms with Gasteiger partial charge in [0, 0.05) is 10.7 Å². The normalized spacial score (nSPS) is 15.3. The minimum absolute atomic E-state index is 0.495. The molecule has 0 aliphatic carbocycles. The molecular weight excluding hydrogens is 167 g/mol. The minimum Gasteiger partial charge on any atom is -0.472 e. The fraction of sp³-hybridized carbons (Fsp3) is 0. The molecule has 1 atom stereocenters. The molecule has 0 saturated carbocycles. The Morgan fingerprint density at radius 1 is 1.00 bits per heavy atom. The summed E-state index contributed by atoms with van der Waals surface area (Å²) in [6, 6.07) is 12.5. The quantitative estimate of drug-likeness (QED) is 0.557. The van der Waals surface area contributed by atoms with E-state index in [1.54, 1.807) is 0 Å². The van der Waals surface area contributed by atoms with Gasteiger partial charge in [0.15, 0.2) is 0 Å². The van der Waals surface area contributed by atoms with Crippen molar-refractivity contribution in [3.8, 4) is 5.75 Å². The van der Waals surface area contributed by atoms with E-state index in [4.69, 9.17) is 4.52 Å². The van der Waals surface area contributed by atoms with Gasteiger partial charge in [0.1, 0.15) is 14.6 Å². The molecule has 2 aromatic rings. The van der Waals surface area contributed by atoms with E-state index in [-0.39, 0.29) is 0 Å². The molecule has 0 fully saturated rings. The van der Waals surface area contributed by atoms with Crippen molar-refractivity contribution in [3.05, 3.63) is 36.4 Å². The van der Waals surface area contributed by atoms with E-state index < -0.39 is 0 Å². The second kappa shape index (κ2) is 2.21. The molecule has 2 aromatic carbocycles. The predicted octanol–water partition coefficient (Wildman–Crippen LogP) is 2.45. The van der Waals surface area contributed by atoms with E-state index >= 15 is 0 Å². The summed E-state index contributed by atoms with van der Waals surface area (Å²) in [4.78, 5) is 0. The molecule has 58 valence electrons. The summed E-state index contributed by atoms with van der Waals surface area (Å²) in [5, 5.41) is 3.93. The molecular formula is C10H7OP. The van der Waals surface area contributed by atoms with Gasteiger partial charge < -0.3 is 4.52 Å². The van der Waals surface area contributed by atoms with Gasteiger partial charge in [0.2, 0.25) is 0 Å². The maximum atomic E-state index is 5.54. The first kappa shape index (κ1) is 6.45. The fourth-order valence-corrected chi connectivity index (χ4v) is 2.51. The van der Waals surface area contributed by atoms with Crippen molar-refractivity contribution in [2.45, 2.75) is 0 Å². The summed E-state index contributed by atoms with van der Waals surface area (Å²) < 4.78 is 5.54. The van der Waals surface area contributed by atoms with Crippen LogP contribution in [0, 0.1) is 0 Å². The molecule has 0 bridgehead atoms. The van der Waals surface area contributed by atoms with E-state index in [0.29, 0.717) is 8.81 Å². The summed E-state index contributed by atoms with van der Waals surface area (Å²) in [6.45, 7) is 0. The summed E-state index contributed by atoms with van der Waals surface area (Å²) in [5.41, 5.74) is 0. The lowest BCUT2D eigenvalue weighted by Gasteiger charge is -1.96. The molecule has 0 amide bonds. The van der Waals surface area contributed by atoms with E-state index in [9.17, 15) is 0 Å². The summed E-state index contributed by atoms with van der Waals surface area (Å²) in [5.74, 6) is 1.04. The number of benzene rings is 2. The van der Waals surface area contributed by atoms with Crippen molar-refractivity contribution in [2.75, 3.05) is 0 Å². The summed E-state index contributed by atoms with van der Waals surface area (Å²) >= 11 is 0. The van der Waals surface area contributed by atoms with Gasteiger partial charge >= 0.3 is 0 Å². The van der Waals surface area contributed by atoms with Crippen molar-refractivity contribution in [3.63, 3.8) is 0 Å². The minimum atomic E-state index is 0.495. The average molecular weight is 174 g/mol. The predicted molar refractivity (Wildman–Crippen MR) is 52.5 cm³/mol. The van der Waals surface area contributed by atoms with Crippen LogP contribution >= 0.6 is 8.81 Å². The maximum absolute atomic E-state index is 5.54. The zero-order chi connectivity index (χ0) is 7.97. The average Bonchev–Trinajstić information content (AvgIpc) is 2.52. The van der Waals surface area contributed by atoms with Crippen molar-refractivity contribution in [2.24, 2.45) is 0 Å². The van der Waals surface area contributed by atoms with Crippen LogP contribution in [0.4, 0.5) is 0 Å². The Hall–Kier alpha value is -1.07. The zero-order valence-electron chi connectivity index (χ0n) is 6.37. The molecule has 0 N–H and O–H groups in total. The van der Waals surface area contributed by atoms with E-state index in [0.717, 1.165) is 5.75 Å². The number of rotatable bonds is 0. The molecule has 1 unspecified atom stereocenters. The van der Waals surface area contributed by atoms with E-state index in [1.807, 2.05) is 12.1 Å². The first-order valence-corrected chi connectivity index (χ1v) is 4.80. The monoisotopic (exact) mass is 174 g/mol. The Kier molecular flexibility index (Phi) is 1.19. The second-order valence-electron chi connectivity index (χ2n) is 2.86. The van der Waals surface area contributed by atoms with Gasteiger partial charge in [0.25, 0.3) is 0 Å². The Balaban J connectivity index is 2.58. The topological polar surface area (TPSA) is 9.23 Å². The first-order chi connectivity index (χ1) is 5.95. The second-order valence-corrected chi connectivity index (χ2v) is 3.81. The first-order valence-electron chi connectivity index (χ1n) is 3.90. The smallest absolute Gasteiger partial charge is 0.131 e. The van der Waals surface area contributed by atoms with Crippen LogP contribution in [0.25, 0.3) is 10.8 Å². The van der Waals surface area contributed by atoms with Gasteiger partial charge in [-0.1, -0.05) is 30.3 Å². The molecule has 1 heterocycles. The Morgan fingerprint density at radius 3 is 2.75 bits per heavy atom. The lowest BCUT2D eigenvalue weighted by atomic mass is 10.1. The van der Waals surface area contributed by atoms with Crippen LogP contribution in [0.5, 0.6) is 5.75 Å². The van der Waals surface area contributed by atoms with Crippen LogP contribution < -0.4 is 9.83 Å². The van der Waals surface area contributed by atoms with Crippen LogP contribution in [-0.2, 0) is 0 Å². The summed E-state index contributed by atoms with van der Waals surface area (Å²) in [6.07, 6.45) is 0. The zero-order valence-corrected chi connectivity index (χ0v) is 7.37. The highest BCUT2D eigenvalue weighted by Gasteiger charge is 2.13. The summed E-state index contributed by atoms with van der Waals surface area (Å²) in [7, 11) is 0.495. The number of hydrogen-bond acceptors (Lipinski definition) is 1. The SMILES string of the molecule is c1cc2c3c(cccc3c1)PO2. The molecule has 12 heavy (non-hydrogen) atoms. The highest BCUT2D eigenvalue weighted by atomic mass is 31.1. The third-order valence-corrected chi connectivity index (χ3v) is 3.10. The molecule has 1 aliphatic rings. The Morgan fingerprint density at radius 2 is 1.83 bits per heavy atom. The molecule has 1 nitrogen and oxygen atoms in total. The van der Waals surface area contributed by atoms with E-state index in [1.165, 1.54) is 16.1 Å². The van der Waals surface area contributed by atoms with Crippen LogP contribution in [0.15, 0.2) is 36.4 Å². The van der Waals surface area contributed by atoms with Gasteiger partial charge in [-0.3, -0.25) is 0 Å². The highest BCUT2D eigenvalue weighted by Crippen LogP contribution is 2.36. The van der Waals surface area contributed by atoms with Crippen LogP contribution in [0.1, 0.15) is 0 Å². The molecule has 3 rings (SSSR count). The van der Waals surface area contributed by atoms with Crippen molar-refractivity contribution in [1.82, 2.24) is 0 Å². The molecule has 0 spiro atoms. The highest BCUT2D eigenvalue weighted by molar-refractivity contribution is 7.43. The van der Waals surface area contributed by atoms with Crippen LogP contribution in [-0.4, -0.2) is 0 Å². The molecule has 0 radical (unpaired) electrons. The Labute approximate surface area is 72.2 Å². The third kappa shape index (κ3) is 0.720. The lowest BCUT2D eigenvalue weighted by Crippen LogP contribution is -1.89. The standard InChI is InChI=1S/C10H7OP/c1-3-7-4-2-6-9-10(7)8(5-1)11-12-9/h1-6,12H. The van der Waals surface area contributed by atoms with Crippen molar-refractivity contribution < 1.29 is 4.52 Å². The molecule has 2 heteroatoms. The van der Waals surface area contributed by atoms with E-state index in [2.05, 4.69) is 24.3 Å². The van der Waals surface area contributed by atoms with Gasteiger partial charge in [-0.2, -0.15) is 0 Å². The van der Waals surface area contributed by atoms with Gasteiger partial charge in [-0.25, -0.2) is 0 Å². The third-order valence-electron chi connectivity index (χ3n) is 2.14. The van der Waals surface area contributed by atoms with Gasteiger partial charge in [-0.15, -0.1) is 0 Å². The van der Waals surface area contributed by atoms with Gasteiger partial charge in [-0.05, 0) is 11.5 Å². The van der Waals surface area contributed by atoms with Crippen molar-refractivity contribution in [1.29, 1.82) is 0 Å². The van der Waals surface area contributed by atoms with Crippen molar-refractivity contribution >= 4 is 24.9 Å². The molecule has 0 aromatic heterocycles. The van der Waals surface area contributed by atoms with Crippen LogP contribution in [0.2, 0.25) is 0 Å². The maximum Gasteiger partial charge on any atom is 0.131 e. The van der Waals surface area contributed by atoms with Gasteiger partial charge in [0.05, 0.1) is 0 Å². The Bertz CT molecular complexity index is 412. The fourth-order valence-electron chi connectivity index (χ4n) is 1.59. The van der Waals surface area contributed by atoms with Crippen LogP contribution in [0.3, 0.4) is 0 Å². The largest absolute Gasteiger partial charge is 0.472 e. The molecule has 1 aliphatic heterocycles. The lowest BCUT2D eigenvalue weighted by molar-refractivity contribution is 0.654.